The smallest absolute Gasteiger partial charge is 0.374 e. The summed E-state index contributed by atoms with van der Waals surface area (Å²) >= 11 is 0. The molecule has 1 aliphatic rings. The molecule has 0 bridgehead atoms. The molecular formula is C24H25NO6. The highest BCUT2D eigenvalue weighted by molar-refractivity contribution is 6.00. The van der Waals surface area contributed by atoms with Crippen molar-refractivity contribution in [2.75, 3.05) is 13.2 Å². The van der Waals surface area contributed by atoms with Crippen LogP contribution in [0.4, 0.5) is 0 Å². The van der Waals surface area contributed by atoms with Crippen LogP contribution >= 0.6 is 0 Å². The summed E-state index contributed by atoms with van der Waals surface area (Å²) in [6.07, 6.45) is 2.22. The van der Waals surface area contributed by atoms with Crippen molar-refractivity contribution in [1.29, 1.82) is 0 Å². The molecular weight excluding hydrogens is 398 g/mol. The number of aromatic nitrogens is 1. The van der Waals surface area contributed by atoms with Gasteiger partial charge in [0.2, 0.25) is 11.5 Å². The molecule has 2 aromatic heterocycles. The van der Waals surface area contributed by atoms with Gasteiger partial charge >= 0.3 is 5.97 Å². The van der Waals surface area contributed by atoms with Crippen molar-refractivity contribution in [3.8, 4) is 0 Å². The number of rotatable bonds is 6. The van der Waals surface area contributed by atoms with Crippen LogP contribution in [0.1, 0.15) is 50.7 Å². The van der Waals surface area contributed by atoms with Crippen LogP contribution in [0.3, 0.4) is 0 Å². The molecule has 1 fully saturated rings. The molecule has 3 heterocycles. The van der Waals surface area contributed by atoms with Gasteiger partial charge in [-0.05, 0) is 51.8 Å². The zero-order valence-electron chi connectivity index (χ0n) is 17.9. The zero-order chi connectivity index (χ0) is 22.1. The first kappa shape index (κ1) is 21.1. The molecule has 0 aliphatic carbocycles. The molecule has 31 heavy (non-hydrogen) atoms. The van der Waals surface area contributed by atoms with Crippen molar-refractivity contribution in [3.63, 3.8) is 0 Å². The molecule has 0 amide bonds. The Morgan fingerprint density at radius 1 is 1.16 bits per heavy atom. The first-order chi connectivity index (χ1) is 14.8. The number of hydrogen-bond donors (Lipinski definition) is 0. The number of ketones is 1. The van der Waals surface area contributed by atoms with Crippen molar-refractivity contribution in [3.05, 3.63) is 68.8 Å². The second-order valence-electron chi connectivity index (χ2n) is 8.00. The zero-order valence-corrected chi connectivity index (χ0v) is 17.9. The molecule has 7 nitrogen and oxygen atoms in total. The third-order valence-corrected chi connectivity index (χ3v) is 5.70. The van der Waals surface area contributed by atoms with Crippen LogP contribution in [0.15, 0.2) is 39.5 Å². The van der Waals surface area contributed by atoms with Crippen LogP contribution in [0.2, 0.25) is 0 Å². The van der Waals surface area contributed by atoms with Gasteiger partial charge in [0.15, 0.2) is 12.0 Å². The molecule has 0 radical (unpaired) electrons. The molecule has 0 saturated carbocycles. The lowest BCUT2D eigenvalue weighted by Gasteiger charge is -2.14. The van der Waals surface area contributed by atoms with E-state index in [2.05, 4.69) is 4.57 Å². The number of ether oxygens (including phenoxy) is 2. The Labute approximate surface area is 179 Å². The fourth-order valence-electron chi connectivity index (χ4n) is 4.01. The highest BCUT2D eigenvalue weighted by atomic mass is 16.5. The van der Waals surface area contributed by atoms with Crippen LogP contribution in [0.25, 0.3) is 11.0 Å². The Morgan fingerprint density at radius 2 is 1.97 bits per heavy atom. The van der Waals surface area contributed by atoms with Crippen molar-refractivity contribution in [1.82, 2.24) is 4.57 Å². The van der Waals surface area contributed by atoms with Gasteiger partial charge in [-0.15, -0.1) is 0 Å². The van der Waals surface area contributed by atoms with E-state index in [1.807, 2.05) is 20.8 Å². The van der Waals surface area contributed by atoms with Gasteiger partial charge in [0.1, 0.15) is 5.58 Å². The minimum absolute atomic E-state index is 0.158. The first-order valence-corrected chi connectivity index (χ1v) is 10.4. The summed E-state index contributed by atoms with van der Waals surface area (Å²) in [6, 6.07) is 8.03. The molecule has 1 saturated heterocycles. The number of Topliss-reactive ketones (excluding diaryl/α,β-unsaturated/α-hetero) is 1. The minimum Gasteiger partial charge on any atom is -0.451 e. The van der Waals surface area contributed by atoms with Gasteiger partial charge in [0.25, 0.3) is 0 Å². The van der Waals surface area contributed by atoms with Crippen molar-refractivity contribution in [2.24, 2.45) is 0 Å². The quantitative estimate of drug-likeness (QED) is 0.443. The normalized spacial score (nSPS) is 16.0. The second kappa shape index (κ2) is 8.51. The largest absolute Gasteiger partial charge is 0.451 e. The number of esters is 1. The van der Waals surface area contributed by atoms with Crippen LogP contribution in [-0.4, -0.2) is 35.6 Å². The molecule has 1 aliphatic heterocycles. The molecule has 0 spiro atoms. The lowest BCUT2D eigenvalue weighted by molar-refractivity contribution is 0.0444. The maximum atomic E-state index is 12.7. The van der Waals surface area contributed by atoms with Crippen LogP contribution < -0.4 is 5.43 Å². The number of hydrogen-bond acceptors (Lipinski definition) is 6. The van der Waals surface area contributed by atoms with E-state index in [0.717, 1.165) is 42.5 Å². The summed E-state index contributed by atoms with van der Waals surface area (Å²) < 4.78 is 18.4. The topological polar surface area (TPSA) is 87.7 Å². The number of benzene rings is 1. The molecule has 0 unspecified atom stereocenters. The summed E-state index contributed by atoms with van der Waals surface area (Å²) in [4.78, 5) is 37.4. The van der Waals surface area contributed by atoms with E-state index in [4.69, 9.17) is 13.9 Å². The predicted octanol–water partition coefficient (Wildman–Crippen LogP) is 3.74. The average Bonchev–Trinajstić information content (AvgIpc) is 3.36. The Kier molecular flexibility index (Phi) is 5.78. The first-order valence-electron chi connectivity index (χ1n) is 10.4. The fourth-order valence-corrected chi connectivity index (χ4v) is 4.01. The summed E-state index contributed by atoms with van der Waals surface area (Å²) in [7, 11) is 0. The van der Waals surface area contributed by atoms with Gasteiger partial charge in [-0.2, -0.15) is 0 Å². The molecule has 3 aromatic rings. The maximum absolute atomic E-state index is 12.7. The Hall–Kier alpha value is -3.19. The number of carbonyl (C=O) groups excluding carboxylic acids is 2. The van der Waals surface area contributed by atoms with Crippen LogP contribution in [-0.2, 0) is 16.0 Å². The van der Waals surface area contributed by atoms with E-state index >= 15 is 0 Å². The van der Waals surface area contributed by atoms with E-state index in [9.17, 15) is 14.4 Å². The van der Waals surface area contributed by atoms with Crippen molar-refractivity contribution < 1.29 is 23.5 Å². The molecule has 162 valence electrons. The third kappa shape index (κ3) is 4.32. The number of nitrogens with zero attached hydrogens (tertiary/aromatic N) is 1. The average molecular weight is 423 g/mol. The van der Waals surface area contributed by atoms with Gasteiger partial charge in [-0.25, -0.2) is 4.79 Å². The highest BCUT2D eigenvalue weighted by Gasteiger charge is 2.22. The number of aryl methyl sites for hydroxylation is 2. The molecule has 1 aromatic carbocycles. The summed E-state index contributed by atoms with van der Waals surface area (Å²) in [5.41, 5.74) is 3.17. The van der Waals surface area contributed by atoms with Crippen LogP contribution in [0, 0.1) is 20.8 Å². The second-order valence-corrected chi connectivity index (χ2v) is 8.00. The van der Waals surface area contributed by atoms with E-state index in [-0.39, 0.29) is 23.1 Å². The number of carbonyl (C=O) groups is 2. The van der Waals surface area contributed by atoms with Crippen LogP contribution in [0.5, 0.6) is 0 Å². The minimum atomic E-state index is -0.846. The Bertz CT molecular complexity index is 1210. The van der Waals surface area contributed by atoms with E-state index in [1.165, 1.54) is 0 Å². The molecule has 0 N–H and O–H groups in total. The van der Waals surface area contributed by atoms with Gasteiger partial charge in [0, 0.05) is 36.2 Å². The molecule has 4 rings (SSSR count). The van der Waals surface area contributed by atoms with E-state index in [0.29, 0.717) is 23.1 Å². The lowest BCUT2D eigenvalue weighted by atomic mass is 10.1. The van der Waals surface area contributed by atoms with E-state index < -0.39 is 12.6 Å². The SMILES string of the molecule is Cc1ccc2oc(C(=O)OCC(=O)c3cc(C)n(C[C@@H]4CCCO4)c3C)cc(=O)c2c1. The standard InChI is InChI=1S/C24H25NO6/c1-14-6-7-22-19(9-14)20(26)11-23(31-22)24(28)30-13-21(27)18-10-15(2)25(16(18)3)12-17-5-4-8-29-17/h6-7,9-11,17H,4-5,8,12-13H2,1-3H3/t17-/m0/s1. The summed E-state index contributed by atoms with van der Waals surface area (Å²) in [6.45, 7) is 6.73. The van der Waals surface area contributed by atoms with Gasteiger partial charge in [0.05, 0.1) is 11.5 Å². The summed E-state index contributed by atoms with van der Waals surface area (Å²) in [5.74, 6) is -1.38. The third-order valence-electron chi connectivity index (χ3n) is 5.70. The highest BCUT2D eigenvalue weighted by Crippen LogP contribution is 2.21. The fraction of sp³-hybridized carbons (Fsp3) is 0.375. The predicted molar refractivity (Wildman–Crippen MR) is 115 cm³/mol. The van der Waals surface area contributed by atoms with Crippen molar-refractivity contribution in [2.45, 2.75) is 46.3 Å². The van der Waals surface area contributed by atoms with Gasteiger partial charge in [-0.1, -0.05) is 11.6 Å². The van der Waals surface area contributed by atoms with E-state index in [1.54, 1.807) is 24.3 Å². The lowest BCUT2D eigenvalue weighted by Crippen LogP contribution is -2.18. The van der Waals surface area contributed by atoms with Gasteiger partial charge in [-0.3, -0.25) is 9.59 Å². The monoisotopic (exact) mass is 423 g/mol. The van der Waals surface area contributed by atoms with Crippen molar-refractivity contribution >= 4 is 22.7 Å². The maximum Gasteiger partial charge on any atom is 0.374 e. The number of fused-ring (bicyclic) bond motifs is 1. The Balaban J connectivity index is 1.46. The molecule has 7 heteroatoms. The Morgan fingerprint density at radius 3 is 2.71 bits per heavy atom. The summed E-state index contributed by atoms with van der Waals surface area (Å²) in [5, 5.41) is 0.395. The molecule has 1 atom stereocenters. The van der Waals surface area contributed by atoms with Gasteiger partial charge < -0.3 is 18.5 Å².